The lowest BCUT2D eigenvalue weighted by Crippen LogP contribution is -2.42. The van der Waals surface area contributed by atoms with Crippen LogP contribution in [0.1, 0.15) is 30.5 Å². The van der Waals surface area contributed by atoms with Crippen molar-refractivity contribution in [2.45, 2.75) is 33.2 Å². The minimum Gasteiger partial charge on any atom is -0.489 e. The molecule has 1 atom stereocenters. The summed E-state index contributed by atoms with van der Waals surface area (Å²) in [6.07, 6.45) is 0. The Balaban J connectivity index is 1.70. The number of benzene rings is 2. The van der Waals surface area contributed by atoms with E-state index in [0.29, 0.717) is 23.6 Å². The SMILES string of the molecule is C=C(C)COc1ccc(C2(C)NC(=O)N(CC(=O)Nc3cc(C)cc(C)c3)C2=O)cc1. The first-order valence-electron chi connectivity index (χ1n) is 9.98. The van der Waals surface area contributed by atoms with Gasteiger partial charge in [-0.2, -0.15) is 0 Å². The van der Waals surface area contributed by atoms with Crippen LogP contribution >= 0.6 is 0 Å². The topological polar surface area (TPSA) is 87.7 Å². The molecule has 1 aliphatic rings. The smallest absolute Gasteiger partial charge is 0.325 e. The van der Waals surface area contributed by atoms with Crippen molar-refractivity contribution >= 4 is 23.5 Å². The molecule has 4 amide bonds. The Morgan fingerprint density at radius 1 is 1.13 bits per heavy atom. The minimum atomic E-state index is -1.26. The van der Waals surface area contributed by atoms with Crippen molar-refractivity contribution in [3.63, 3.8) is 0 Å². The van der Waals surface area contributed by atoms with Crippen LogP contribution in [0.3, 0.4) is 0 Å². The number of hydrogen-bond donors (Lipinski definition) is 2. The molecule has 31 heavy (non-hydrogen) atoms. The number of nitrogens with zero attached hydrogens (tertiary/aromatic N) is 1. The van der Waals surface area contributed by atoms with Crippen molar-refractivity contribution in [1.29, 1.82) is 0 Å². The molecule has 7 nitrogen and oxygen atoms in total. The first kappa shape index (κ1) is 22.1. The Bertz CT molecular complexity index is 1030. The zero-order valence-electron chi connectivity index (χ0n) is 18.2. The highest BCUT2D eigenvalue weighted by Crippen LogP contribution is 2.30. The van der Waals surface area contributed by atoms with Crippen LogP contribution in [0.2, 0.25) is 0 Å². The van der Waals surface area contributed by atoms with Crippen molar-refractivity contribution in [3.8, 4) is 5.75 Å². The number of amides is 4. The van der Waals surface area contributed by atoms with Gasteiger partial charge in [0.15, 0.2) is 0 Å². The third kappa shape index (κ3) is 4.94. The zero-order chi connectivity index (χ0) is 22.8. The molecule has 7 heteroatoms. The van der Waals surface area contributed by atoms with Gasteiger partial charge in [-0.15, -0.1) is 0 Å². The van der Waals surface area contributed by atoms with Gasteiger partial charge in [-0.3, -0.25) is 14.5 Å². The lowest BCUT2D eigenvalue weighted by Gasteiger charge is -2.22. The molecule has 1 fully saturated rings. The van der Waals surface area contributed by atoms with Crippen molar-refractivity contribution in [3.05, 3.63) is 71.3 Å². The van der Waals surface area contributed by atoms with E-state index in [9.17, 15) is 14.4 Å². The van der Waals surface area contributed by atoms with Crippen LogP contribution in [0, 0.1) is 13.8 Å². The summed E-state index contributed by atoms with van der Waals surface area (Å²) < 4.78 is 5.58. The van der Waals surface area contributed by atoms with E-state index in [1.54, 1.807) is 31.2 Å². The maximum atomic E-state index is 13.1. The Morgan fingerprint density at radius 3 is 2.32 bits per heavy atom. The predicted molar refractivity (Wildman–Crippen MR) is 119 cm³/mol. The fourth-order valence-corrected chi connectivity index (χ4v) is 3.52. The van der Waals surface area contributed by atoms with Gasteiger partial charge >= 0.3 is 6.03 Å². The standard InChI is InChI=1S/C24H27N3O4/c1-15(2)14-31-20-8-6-18(7-9-20)24(5)22(29)27(23(30)26-24)13-21(28)25-19-11-16(3)10-17(4)12-19/h6-12H,1,13-14H2,2-5H3,(H,25,28)(H,26,30). The van der Waals surface area contributed by atoms with Gasteiger partial charge in [0.1, 0.15) is 24.4 Å². The molecule has 162 valence electrons. The highest BCUT2D eigenvalue weighted by molar-refractivity contribution is 6.10. The van der Waals surface area contributed by atoms with Gasteiger partial charge in [-0.05, 0) is 74.2 Å². The van der Waals surface area contributed by atoms with E-state index in [2.05, 4.69) is 17.2 Å². The van der Waals surface area contributed by atoms with E-state index in [1.807, 2.05) is 39.0 Å². The van der Waals surface area contributed by atoms with Gasteiger partial charge in [-0.25, -0.2) is 4.79 Å². The lowest BCUT2D eigenvalue weighted by atomic mass is 9.92. The summed E-state index contributed by atoms with van der Waals surface area (Å²) in [7, 11) is 0. The van der Waals surface area contributed by atoms with Gasteiger partial charge < -0.3 is 15.4 Å². The van der Waals surface area contributed by atoms with Crippen molar-refractivity contribution in [2.75, 3.05) is 18.5 Å². The fraction of sp³-hybridized carbons (Fsp3) is 0.292. The molecule has 1 unspecified atom stereocenters. The Hall–Kier alpha value is -3.61. The molecule has 2 aromatic rings. The van der Waals surface area contributed by atoms with Crippen molar-refractivity contribution < 1.29 is 19.1 Å². The molecular weight excluding hydrogens is 394 g/mol. The van der Waals surface area contributed by atoms with Gasteiger partial charge in [0.05, 0.1) is 0 Å². The number of ether oxygens (including phenoxy) is 1. The Morgan fingerprint density at radius 2 is 1.74 bits per heavy atom. The molecule has 2 N–H and O–H groups in total. The molecule has 1 saturated heterocycles. The number of anilines is 1. The average Bonchev–Trinajstić information content (AvgIpc) is 2.90. The van der Waals surface area contributed by atoms with Gasteiger partial charge in [-0.1, -0.05) is 24.8 Å². The van der Waals surface area contributed by atoms with Gasteiger partial charge in [0.25, 0.3) is 5.91 Å². The number of urea groups is 1. The van der Waals surface area contributed by atoms with Crippen LogP contribution in [0.25, 0.3) is 0 Å². The summed E-state index contributed by atoms with van der Waals surface area (Å²) in [5.74, 6) is -0.290. The second-order valence-corrected chi connectivity index (χ2v) is 8.14. The molecule has 0 saturated carbocycles. The maximum absolute atomic E-state index is 13.1. The van der Waals surface area contributed by atoms with Crippen molar-refractivity contribution in [2.24, 2.45) is 0 Å². The van der Waals surface area contributed by atoms with E-state index in [1.165, 1.54) is 0 Å². The van der Waals surface area contributed by atoms with E-state index in [4.69, 9.17) is 4.74 Å². The molecule has 1 heterocycles. The first-order chi connectivity index (χ1) is 14.6. The molecule has 0 aliphatic carbocycles. The van der Waals surface area contributed by atoms with Crippen LogP contribution in [0.5, 0.6) is 5.75 Å². The number of imide groups is 1. The maximum Gasteiger partial charge on any atom is 0.325 e. The van der Waals surface area contributed by atoms with Gasteiger partial charge in [0, 0.05) is 5.69 Å². The molecule has 0 bridgehead atoms. The Kier molecular flexibility index (Phi) is 6.15. The average molecular weight is 421 g/mol. The predicted octanol–water partition coefficient (Wildman–Crippen LogP) is 3.66. The quantitative estimate of drug-likeness (QED) is 0.528. The van der Waals surface area contributed by atoms with Crippen LogP contribution < -0.4 is 15.4 Å². The molecule has 0 aromatic heterocycles. The Labute approximate surface area is 182 Å². The third-order valence-electron chi connectivity index (χ3n) is 5.00. The number of nitrogens with one attached hydrogen (secondary N) is 2. The van der Waals surface area contributed by atoms with E-state index in [0.717, 1.165) is 21.6 Å². The summed E-state index contributed by atoms with van der Waals surface area (Å²) in [5, 5.41) is 5.46. The summed E-state index contributed by atoms with van der Waals surface area (Å²) in [5.41, 5.74) is 2.88. The van der Waals surface area contributed by atoms with Crippen LogP contribution in [0.4, 0.5) is 10.5 Å². The fourth-order valence-electron chi connectivity index (χ4n) is 3.52. The second kappa shape index (κ2) is 8.63. The highest BCUT2D eigenvalue weighted by atomic mass is 16.5. The summed E-state index contributed by atoms with van der Waals surface area (Å²) in [4.78, 5) is 39.0. The summed E-state index contributed by atoms with van der Waals surface area (Å²) >= 11 is 0. The molecule has 0 spiro atoms. The molecule has 2 aromatic carbocycles. The van der Waals surface area contributed by atoms with E-state index in [-0.39, 0.29) is 6.54 Å². The number of aryl methyl sites for hydroxylation is 2. The monoisotopic (exact) mass is 421 g/mol. The highest BCUT2D eigenvalue weighted by Gasteiger charge is 2.49. The normalized spacial score (nSPS) is 18.0. The van der Waals surface area contributed by atoms with E-state index < -0.39 is 23.4 Å². The molecule has 3 rings (SSSR count). The number of hydrogen-bond acceptors (Lipinski definition) is 4. The van der Waals surface area contributed by atoms with Crippen LogP contribution in [-0.2, 0) is 15.1 Å². The van der Waals surface area contributed by atoms with E-state index >= 15 is 0 Å². The molecular formula is C24H27N3O4. The van der Waals surface area contributed by atoms with Crippen molar-refractivity contribution in [1.82, 2.24) is 10.2 Å². The molecule has 0 radical (unpaired) electrons. The number of carbonyl (C=O) groups is 3. The largest absolute Gasteiger partial charge is 0.489 e. The summed E-state index contributed by atoms with van der Waals surface area (Å²) in [6.45, 7) is 11.2. The second-order valence-electron chi connectivity index (χ2n) is 8.14. The van der Waals surface area contributed by atoms with Gasteiger partial charge in [0.2, 0.25) is 5.91 Å². The zero-order valence-corrected chi connectivity index (χ0v) is 18.2. The first-order valence-corrected chi connectivity index (χ1v) is 9.98. The molecule has 1 aliphatic heterocycles. The third-order valence-corrected chi connectivity index (χ3v) is 5.00. The van der Waals surface area contributed by atoms with Crippen LogP contribution in [-0.4, -0.2) is 35.9 Å². The number of carbonyl (C=O) groups excluding carboxylic acids is 3. The lowest BCUT2D eigenvalue weighted by molar-refractivity contribution is -0.133. The summed E-state index contributed by atoms with van der Waals surface area (Å²) in [6, 6.07) is 12.0. The number of rotatable bonds is 7. The van der Waals surface area contributed by atoms with Crippen LogP contribution in [0.15, 0.2) is 54.6 Å². The minimum absolute atomic E-state index is 0.368.